The number of halogens is 1. The molecular weight excluding hydrogens is 416 g/mol. The predicted octanol–water partition coefficient (Wildman–Crippen LogP) is 3.98. The van der Waals surface area contributed by atoms with Crippen LogP contribution in [-0.2, 0) is 14.8 Å². The van der Waals surface area contributed by atoms with Gasteiger partial charge in [-0.3, -0.25) is 4.79 Å². The molecule has 2 aromatic rings. The Morgan fingerprint density at radius 1 is 1.18 bits per heavy atom. The number of hydrogen-bond donors (Lipinski definition) is 2. The monoisotopic (exact) mass is 438 g/mol. The van der Waals surface area contributed by atoms with Crippen molar-refractivity contribution in [2.75, 3.05) is 12.3 Å². The number of rotatable bonds is 6. The zero-order valence-corrected chi connectivity index (χ0v) is 18.2. The van der Waals surface area contributed by atoms with E-state index in [1.807, 2.05) is 32.0 Å². The molecule has 0 saturated heterocycles. The van der Waals surface area contributed by atoms with E-state index in [1.54, 1.807) is 30.0 Å². The summed E-state index contributed by atoms with van der Waals surface area (Å²) in [6, 6.07) is 10.6. The standard InChI is InChI=1S/C20H23ClN2O3S2/c1-13-3-5-16(11-14(13)2)28(25,26)22-9-7-20(24)23-18-8-10-27-19-6-4-15(21)12-17(18)19/h3-6,11-12,18,22H,7-10H2,1-2H3,(H,23,24). The highest BCUT2D eigenvalue weighted by Crippen LogP contribution is 2.37. The summed E-state index contributed by atoms with van der Waals surface area (Å²) in [6.45, 7) is 3.85. The summed E-state index contributed by atoms with van der Waals surface area (Å²) in [5.41, 5.74) is 2.96. The summed E-state index contributed by atoms with van der Waals surface area (Å²) in [4.78, 5) is 13.7. The fourth-order valence-corrected chi connectivity index (χ4v) is 5.45. The molecule has 28 heavy (non-hydrogen) atoms. The van der Waals surface area contributed by atoms with Crippen molar-refractivity contribution in [1.29, 1.82) is 0 Å². The Morgan fingerprint density at radius 3 is 2.71 bits per heavy atom. The van der Waals surface area contributed by atoms with E-state index in [0.29, 0.717) is 5.02 Å². The second kappa shape index (κ2) is 8.86. The number of carbonyl (C=O) groups is 1. The van der Waals surface area contributed by atoms with Crippen molar-refractivity contribution in [1.82, 2.24) is 10.0 Å². The molecule has 3 rings (SSSR count). The van der Waals surface area contributed by atoms with Crippen molar-refractivity contribution in [2.24, 2.45) is 0 Å². The number of benzene rings is 2. The molecule has 2 N–H and O–H groups in total. The van der Waals surface area contributed by atoms with Crippen LogP contribution in [0.15, 0.2) is 46.2 Å². The Morgan fingerprint density at radius 2 is 1.96 bits per heavy atom. The molecule has 0 aromatic heterocycles. The van der Waals surface area contributed by atoms with Gasteiger partial charge < -0.3 is 5.32 Å². The lowest BCUT2D eigenvalue weighted by Crippen LogP contribution is -2.34. The van der Waals surface area contributed by atoms with Crippen molar-refractivity contribution in [3.05, 3.63) is 58.1 Å². The Kier molecular flexibility index (Phi) is 6.70. The smallest absolute Gasteiger partial charge is 0.240 e. The minimum atomic E-state index is -3.63. The fraction of sp³-hybridized carbons (Fsp3) is 0.350. The Balaban J connectivity index is 1.57. The van der Waals surface area contributed by atoms with E-state index in [0.717, 1.165) is 33.8 Å². The van der Waals surface area contributed by atoms with Gasteiger partial charge in [0.05, 0.1) is 10.9 Å². The van der Waals surface area contributed by atoms with E-state index in [-0.39, 0.29) is 29.8 Å². The van der Waals surface area contributed by atoms with Crippen molar-refractivity contribution >= 4 is 39.3 Å². The molecule has 1 heterocycles. The first-order valence-electron chi connectivity index (χ1n) is 9.05. The topological polar surface area (TPSA) is 75.3 Å². The fourth-order valence-electron chi connectivity index (χ4n) is 3.05. The molecule has 1 aliphatic rings. The van der Waals surface area contributed by atoms with Crippen LogP contribution in [0.3, 0.4) is 0 Å². The zero-order chi connectivity index (χ0) is 20.3. The van der Waals surface area contributed by atoms with Crippen LogP contribution in [0.4, 0.5) is 0 Å². The van der Waals surface area contributed by atoms with Crippen molar-refractivity contribution in [3.8, 4) is 0 Å². The molecule has 0 aliphatic carbocycles. The lowest BCUT2D eigenvalue weighted by molar-refractivity contribution is -0.121. The van der Waals surface area contributed by atoms with Crippen LogP contribution < -0.4 is 10.0 Å². The summed E-state index contributed by atoms with van der Waals surface area (Å²) in [7, 11) is -3.63. The molecule has 0 bridgehead atoms. The molecule has 8 heteroatoms. The van der Waals surface area contributed by atoms with E-state index in [9.17, 15) is 13.2 Å². The van der Waals surface area contributed by atoms with Crippen LogP contribution in [-0.4, -0.2) is 26.6 Å². The minimum absolute atomic E-state index is 0.0466. The van der Waals surface area contributed by atoms with Gasteiger partial charge >= 0.3 is 0 Å². The molecule has 2 aromatic carbocycles. The number of sulfonamides is 1. The van der Waals surface area contributed by atoms with Crippen molar-refractivity contribution in [2.45, 2.75) is 42.5 Å². The van der Waals surface area contributed by atoms with E-state index in [2.05, 4.69) is 10.0 Å². The third kappa shape index (κ3) is 5.08. The Bertz CT molecular complexity index is 993. The third-order valence-corrected chi connectivity index (χ3v) is 7.60. The Labute approximate surface area is 175 Å². The van der Waals surface area contributed by atoms with Gasteiger partial charge in [-0.25, -0.2) is 13.1 Å². The van der Waals surface area contributed by atoms with Gasteiger partial charge in [0.1, 0.15) is 0 Å². The van der Waals surface area contributed by atoms with Gasteiger partial charge in [-0.1, -0.05) is 17.7 Å². The number of fused-ring (bicyclic) bond motifs is 1. The molecule has 0 spiro atoms. The first kappa shape index (κ1) is 21.2. The van der Waals surface area contributed by atoms with Crippen molar-refractivity contribution < 1.29 is 13.2 Å². The highest BCUT2D eigenvalue weighted by atomic mass is 35.5. The number of aryl methyl sites for hydroxylation is 2. The second-order valence-corrected chi connectivity index (χ2v) is 10.2. The van der Waals surface area contributed by atoms with Crippen LogP contribution in [0, 0.1) is 13.8 Å². The van der Waals surface area contributed by atoms with Gasteiger partial charge in [-0.2, -0.15) is 0 Å². The molecule has 1 unspecified atom stereocenters. The normalized spacial score (nSPS) is 16.5. The first-order chi connectivity index (χ1) is 13.3. The molecule has 1 aliphatic heterocycles. The summed E-state index contributed by atoms with van der Waals surface area (Å²) >= 11 is 7.84. The maximum Gasteiger partial charge on any atom is 0.240 e. The molecular formula is C20H23ClN2O3S2. The summed E-state index contributed by atoms with van der Waals surface area (Å²) in [5.74, 6) is 0.726. The molecule has 150 valence electrons. The molecule has 5 nitrogen and oxygen atoms in total. The average molecular weight is 439 g/mol. The zero-order valence-electron chi connectivity index (χ0n) is 15.8. The van der Waals surface area contributed by atoms with E-state index in [1.165, 1.54) is 0 Å². The second-order valence-electron chi connectivity index (χ2n) is 6.83. The molecule has 0 fully saturated rings. The van der Waals surface area contributed by atoms with Gasteiger partial charge in [-0.15, -0.1) is 11.8 Å². The van der Waals surface area contributed by atoms with E-state index in [4.69, 9.17) is 11.6 Å². The minimum Gasteiger partial charge on any atom is -0.349 e. The van der Waals surface area contributed by atoms with Gasteiger partial charge in [0.15, 0.2) is 0 Å². The molecule has 1 amide bonds. The van der Waals surface area contributed by atoms with Crippen LogP contribution in [0.5, 0.6) is 0 Å². The quantitative estimate of drug-likeness (QED) is 0.715. The SMILES string of the molecule is Cc1ccc(S(=O)(=O)NCCC(=O)NC2CCSc3ccc(Cl)cc32)cc1C. The van der Waals surface area contributed by atoms with Crippen LogP contribution in [0.25, 0.3) is 0 Å². The van der Waals surface area contributed by atoms with E-state index < -0.39 is 10.0 Å². The van der Waals surface area contributed by atoms with E-state index >= 15 is 0 Å². The number of hydrogen-bond acceptors (Lipinski definition) is 4. The van der Waals surface area contributed by atoms with Crippen LogP contribution >= 0.6 is 23.4 Å². The maximum absolute atomic E-state index is 12.4. The first-order valence-corrected chi connectivity index (χ1v) is 11.9. The number of carbonyl (C=O) groups excluding carboxylic acids is 1. The summed E-state index contributed by atoms with van der Waals surface area (Å²) in [5, 5.41) is 3.64. The highest BCUT2D eigenvalue weighted by molar-refractivity contribution is 7.99. The third-order valence-electron chi connectivity index (χ3n) is 4.78. The molecule has 0 radical (unpaired) electrons. The number of nitrogens with one attached hydrogen (secondary N) is 2. The predicted molar refractivity (Wildman–Crippen MR) is 113 cm³/mol. The van der Waals surface area contributed by atoms with Crippen LogP contribution in [0.1, 0.15) is 35.6 Å². The van der Waals surface area contributed by atoms with Crippen molar-refractivity contribution in [3.63, 3.8) is 0 Å². The van der Waals surface area contributed by atoms with Gasteiger partial charge in [-0.05, 0) is 67.3 Å². The summed E-state index contributed by atoms with van der Waals surface area (Å²) in [6.07, 6.45) is 0.891. The Hall–Kier alpha value is -1.54. The van der Waals surface area contributed by atoms with Gasteiger partial charge in [0.2, 0.25) is 15.9 Å². The largest absolute Gasteiger partial charge is 0.349 e. The average Bonchev–Trinajstić information content (AvgIpc) is 2.64. The summed E-state index contributed by atoms with van der Waals surface area (Å²) < 4.78 is 27.3. The molecule has 1 atom stereocenters. The van der Waals surface area contributed by atoms with Gasteiger partial charge in [0.25, 0.3) is 0 Å². The maximum atomic E-state index is 12.4. The van der Waals surface area contributed by atoms with Crippen LogP contribution in [0.2, 0.25) is 5.02 Å². The molecule has 0 saturated carbocycles. The highest BCUT2D eigenvalue weighted by Gasteiger charge is 2.23. The number of thioether (sulfide) groups is 1. The lowest BCUT2D eigenvalue weighted by Gasteiger charge is -2.26. The lowest BCUT2D eigenvalue weighted by atomic mass is 10.0. The van der Waals surface area contributed by atoms with Gasteiger partial charge in [0, 0.05) is 28.6 Å². The number of amides is 1.